The Bertz CT molecular complexity index is 615. The second kappa shape index (κ2) is 7.77. The number of carboxylic acid groups (broad SMARTS) is 1. The normalized spacial score (nSPS) is 17.8. The molecule has 1 aliphatic carbocycles. The highest BCUT2D eigenvalue weighted by molar-refractivity contribution is 9.10. The number of amides is 1. The van der Waals surface area contributed by atoms with Crippen LogP contribution in [-0.2, 0) is 9.53 Å². The Kier molecular flexibility index (Phi) is 6.14. The molecule has 1 saturated carbocycles. The van der Waals surface area contributed by atoms with Crippen molar-refractivity contribution in [3.05, 3.63) is 34.3 Å². The van der Waals surface area contributed by atoms with Crippen LogP contribution in [0.4, 0.5) is 4.79 Å². The average molecular weight is 412 g/mol. The molecule has 6 heteroatoms. The van der Waals surface area contributed by atoms with Crippen LogP contribution in [0.5, 0.6) is 0 Å². The third-order valence-electron chi connectivity index (χ3n) is 4.71. The fraction of sp³-hybridized carbons (Fsp3) is 0.579. The maximum absolute atomic E-state index is 12.1. The molecule has 0 aromatic heterocycles. The highest BCUT2D eigenvalue weighted by Crippen LogP contribution is 2.49. The first-order valence-corrected chi connectivity index (χ1v) is 9.39. The summed E-state index contributed by atoms with van der Waals surface area (Å²) in [6.45, 7) is 5.64. The summed E-state index contributed by atoms with van der Waals surface area (Å²) in [5.41, 5.74) is -0.513. The zero-order valence-electron chi connectivity index (χ0n) is 15.0. The standard InChI is InChI=1S/C19H26BrNO4/c1-18(2,3)25-17(24)21-12-15(13-6-8-14(20)9-7-13)19(16(22)23)10-4-5-11-19/h6-9,15H,4-5,10-12H2,1-3H3,(H,21,24)(H,22,23). The number of carbonyl (C=O) groups excluding carboxylic acids is 1. The molecule has 1 aromatic carbocycles. The third kappa shape index (κ3) is 4.97. The van der Waals surface area contributed by atoms with Crippen LogP contribution < -0.4 is 5.32 Å². The molecule has 1 fully saturated rings. The molecule has 0 spiro atoms. The van der Waals surface area contributed by atoms with E-state index >= 15 is 0 Å². The van der Waals surface area contributed by atoms with E-state index in [1.165, 1.54) is 0 Å². The first kappa shape index (κ1) is 19.8. The highest BCUT2D eigenvalue weighted by atomic mass is 79.9. The lowest BCUT2D eigenvalue weighted by Gasteiger charge is -2.34. The van der Waals surface area contributed by atoms with E-state index in [2.05, 4.69) is 21.2 Å². The van der Waals surface area contributed by atoms with E-state index in [1.807, 2.05) is 24.3 Å². The van der Waals surface area contributed by atoms with E-state index in [9.17, 15) is 14.7 Å². The van der Waals surface area contributed by atoms with E-state index in [-0.39, 0.29) is 12.5 Å². The number of hydrogen-bond acceptors (Lipinski definition) is 3. The lowest BCUT2D eigenvalue weighted by Crippen LogP contribution is -2.42. The van der Waals surface area contributed by atoms with Gasteiger partial charge in [-0.3, -0.25) is 4.79 Å². The van der Waals surface area contributed by atoms with Crippen LogP contribution in [0.3, 0.4) is 0 Å². The van der Waals surface area contributed by atoms with Crippen molar-refractivity contribution >= 4 is 28.0 Å². The van der Waals surface area contributed by atoms with Gasteiger partial charge < -0.3 is 15.2 Å². The molecule has 0 saturated heterocycles. The second-order valence-electron chi connectivity index (χ2n) is 7.66. The molecule has 0 bridgehead atoms. The van der Waals surface area contributed by atoms with E-state index in [1.54, 1.807) is 20.8 Å². The van der Waals surface area contributed by atoms with Crippen LogP contribution >= 0.6 is 15.9 Å². The smallest absolute Gasteiger partial charge is 0.407 e. The molecule has 1 aliphatic rings. The summed E-state index contributed by atoms with van der Waals surface area (Å²) < 4.78 is 6.23. The summed E-state index contributed by atoms with van der Waals surface area (Å²) in [5.74, 6) is -1.09. The van der Waals surface area contributed by atoms with Gasteiger partial charge in [0, 0.05) is 16.9 Å². The number of halogens is 1. The first-order chi connectivity index (χ1) is 11.6. The molecular weight excluding hydrogens is 386 g/mol. The number of hydrogen-bond donors (Lipinski definition) is 2. The van der Waals surface area contributed by atoms with Gasteiger partial charge in [-0.25, -0.2) is 4.79 Å². The van der Waals surface area contributed by atoms with Gasteiger partial charge in [0.2, 0.25) is 0 Å². The predicted octanol–water partition coefficient (Wildman–Crippen LogP) is 4.70. The van der Waals surface area contributed by atoms with Crippen LogP contribution in [0, 0.1) is 5.41 Å². The Morgan fingerprint density at radius 3 is 2.28 bits per heavy atom. The number of carbonyl (C=O) groups is 2. The van der Waals surface area contributed by atoms with Crippen LogP contribution in [0.25, 0.3) is 0 Å². The molecule has 25 heavy (non-hydrogen) atoms. The molecule has 2 N–H and O–H groups in total. The second-order valence-corrected chi connectivity index (χ2v) is 8.57. The zero-order chi connectivity index (χ0) is 18.7. The van der Waals surface area contributed by atoms with Crippen molar-refractivity contribution in [1.82, 2.24) is 5.32 Å². The zero-order valence-corrected chi connectivity index (χ0v) is 16.6. The van der Waals surface area contributed by atoms with Gasteiger partial charge in [0.05, 0.1) is 5.41 Å². The van der Waals surface area contributed by atoms with Gasteiger partial charge in [-0.1, -0.05) is 40.9 Å². The van der Waals surface area contributed by atoms with Gasteiger partial charge in [-0.05, 0) is 51.3 Å². The van der Waals surface area contributed by atoms with Gasteiger partial charge >= 0.3 is 12.1 Å². The number of ether oxygens (including phenoxy) is 1. The molecule has 0 heterocycles. The quantitative estimate of drug-likeness (QED) is 0.735. The van der Waals surface area contributed by atoms with Crippen molar-refractivity contribution in [1.29, 1.82) is 0 Å². The minimum absolute atomic E-state index is 0.239. The number of aliphatic carboxylic acids is 1. The van der Waals surface area contributed by atoms with Gasteiger partial charge in [0.1, 0.15) is 5.60 Å². The third-order valence-corrected chi connectivity index (χ3v) is 5.24. The van der Waals surface area contributed by atoms with Crippen molar-refractivity contribution in [3.8, 4) is 0 Å². The topological polar surface area (TPSA) is 75.6 Å². The Morgan fingerprint density at radius 1 is 1.24 bits per heavy atom. The number of rotatable bonds is 5. The monoisotopic (exact) mass is 411 g/mol. The average Bonchev–Trinajstić information content (AvgIpc) is 2.98. The molecule has 1 atom stereocenters. The minimum atomic E-state index is -0.844. The van der Waals surface area contributed by atoms with Crippen LogP contribution in [0.2, 0.25) is 0 Å². The molecule has 0 aliphatic heterocycles. The summed E-state index contributed by atoms with van der Waals surface area (Å²) in [4.78, 5) is 24.2. The van der Waals surface area contributed by atoms with Crippen molar-refractivity contribution < 1.29 is 19.4 Å². The summed E-state index contributed by atoms with van der Waals surface area (Å²) in [6, 6.07) is 7.66. The van der Waals surface area contributed by atoms with Crippen LogP contribution in [0.15, 0.2) is 28.7 Å². The molecule has 5 nitrogen and oxygen atoms in total. The maximum Gasteiger partial charge on any atom is 0.407 e. The first-order valence-electron chi connectivity index (χ1n) is 8.60. The lowest BCUT2D eigenvalue weighted by atomic mass is 9.70. The molecule has 1 unspecified atom stereocenters. The van der Waals surface area contributed by atoms with E-state index in [0.29, 0.717) is 12.8 Å². The fourth-order valence-corrected chi connectivity index (χ4v) is 3.81. The largest absolute Gasteiger partial charge is 0.481 e. The van der Waals surface area contributed by atoms with Gasteiger partial charge in [0.15, 0.2) is 0 Å². The van der Waals surface area contributed by atoms with Gasteiger partial charge in [-0.15, -0.1) is 0 Å². The number of benzene rings is 1. The number of nitrogens with one attached hydrogen (secondary N) is 1. The van der Waals surface area contributed by atoms with Crippen molar-refractivity contribution in [2.45, 2.75) is 58.0 Å². The molecule has 1 aromatic rings. The predicted molar refractivity (Wildman–Crippen MR) is 99.7 cm³/mol. The van der Waals surface area contributed by atoms with Crippen LogP contribution in [0.1, 0.15) is 57.9 Å². The molecule has 0 radical (unpaired) electrons. The molecule has 1 amide bonds. The molecule has 138 valence electrons. The van der Waals surface area contributed by atoms with Crippen LogP contribution in [-0.4, -0.2) is 29.3 Å². The fourth-order valence-electron chi connectivity index (χ4n) is 3.54. The maximum atomic E-state index is 12.1. The summed E-state index contributed by atoms with van der Waals surface area (Å²) in [6.07, 6.45) is 2.52. The Morgan fingerprint density at radius 2 is 1.80 bits per heavy atom. The SMILES string of the molecule is CC(C)(C)OC(=O)NCC(c1ccc(Br)cc1)C1(C(=O)O)CCCC1. The molecule has 2 rings (SSSR count). The summed E-state index contributed by atoms with van der Waals surface area (Å²) in [5, 5.41) is 12.7. The van der Waals surface area contributed by atoms with Crippen molar-refractivity contribution in [2.24, 2.45) is 5.41 Å². The molecular formula is C19H26BrNO4. The van der Waals surface area contributed by atoms with Gasteiger partial charge in [0.25, 0.3) is 0 Å². The Labute approximate surface area is 157 Å². The number of carboxylic acids is 1. The van der Waals surface area contributed by atoms with E-state index < -0.39 is 23.1 Å². The van der Waals surface area contributed by atoms with Crippen molar-refractivity contribution in [3.63, 3.8) is 0 Å². The van der Waals surface area contributed by atoms with Crippen molar-refractivity contribution in [2.75, 3.05) is 6.54 Å². The number of alkyl carbamates (subject to hydrolysis) is 1. The van der Waals surface area contributed by atoms with Gasteiger partial charge in [-0.2, -0.15) is 0 Å². The Hall–Kier alpha value is -1.56. The lowest BCUT2D eigenvalue weighted by molar-refractivity contribution is -0.150. The highest BCUT2D eigenvalue weighted by Gasteiger charge is 2.48. The summed E-state index contributed by atoms with van der Waals surface area (Å²) >= 11 is 3.41. The van der Waals surface area contributed by atoms with E-state index in [0.717, 1.165) is 22.9 Å². The van der Waals surface area contributed by atoms with E-state index in [4.69, 9.17) is 4.74 Å². The Balaban J connectivity index is 2.25. The summed E-state index contributed by atoms with van der Waals surface area (Å²) in [7, 11) is 0. The minimum Gasteiger partial charge on any atom is -0.481 e.